The van der Waals surface area contributed by atoms with Gasteiger partial charge >= 0.3 is 0 Å². The molecule has 2 aromatic rings. The molecule has 3 rings (SSSR count). The Balaban J connectivity index is 1.45. The van der Waals surface area contributed by atoms with Gasteiger partial charge in [-0.15, -0.1) is 0 Å². The molecular weight excluding hydrogens is 376 g/mol. The van der Waals surface area contributed by atoms with E-state index in [9.17, 15) is 10.1 Å². The molecular formula is C24H30N4O2. The fraction of sp³-hybridized carbons (Fsp3) is 0.417. The fourth-order valence-corrected chi connectivity index (χ4v) is 3.60. The van der Waals surface area contributed by atoms with Gasteiger partial charge in [-0.05, 0) is 30.2 Å². The smallest absolute Gasteiger partial charge is 0.261 e. The molecule has 158 valence electrons. The molecule has 0 aliphatic carbocycles. The molecule has 0 saturated carbocycles. The Labute approximate surface area is 179 Å². The van der Waals surface area contributed by atoms with Gasteiger partial charge in [0.1, 0.15) is 11.8 Å². The molecule has 1 atom stereocenters. The highest BCUT2D eigenvalue weighted by atomic mass is 16.5. The van der Waals surface area contributed by atoms with Crippen molar-refractivity contribution in [2.24, 2.45) is 5.92 Å². The van der Waals surface area contributed by atoms with Crippen molar-refractivity contribution in [1.29, 1.82) is 5.26 Å². The third-order valence-corrected chi connectivity index (χ3v) is 5.35. The first-order valence-electron chi connectivity index (χ1n) is 10.5. The van der Waals surface area contributed by atoms with Crippen LogP contribution in [-0.2, 0) is 4.79 Å². The first-order valence-corrected chi connectivity index (χ1v) is 10.5. The third-order valence-electron chi connectivity index (χ3n) is 5.35. The lowest BCUT2D eigenvalue weighted by molar-refractivity contribution is -0.129. The normalized spacial score (nSPS) is 15.5. The fourth-order valence-electron chi connectivity index (χ4n) is 3.60. The predicted molar refractivity (Wildman–Crippen MR) is 119 cm³/mol. The van der Waals surface area contributed by atoms with Crippen LogP contribution in [0.5, 0.6) is 5.75 Å². The number of nitrogens with one attached hydrogen (secondary N) is 1. The van der Waals surface area contributed by atoms with Crippen molar-refractivity contribution in [3.8, 4) is 11.8 Å². The minimum absolute atomic E-state index is 0.00818. The maximum atomic E-state index is 12.7. The highest BCUT2D eigenvalue weighted by molar-refractivity contribution is 5.81. The Morgan fingerprint density at radius 1 is 1.07 bits per heavy atom. The van der Waals surface area contributed by atoms with E-state index < -0.39 is 6.10 Å². The van der Waals surface area contributed by atoms with E-state index in [4.69, 9.17) is 4.74 Å². The van der Waals surface area contributed by atoms with Gasteiger partial charge in [-0.1, -0.05) is 44.2 Å². The van der Waals surface area contributed by atoms with E-state index in [1.807, 2.05) is 19.9 Å². The van der Waals surface area contributed by atoms with E-state index in [0.29, 0.717) is 17.9 Å². The number of rotatable bonds is 8. The molecule has 1 aliphatic heterocycles. The van der Waals surface area contributed by atoms with Crippen LogP contribution in [0.15, 0.2) is 54.6 Å². The zero-order valence-corrected chi connectivity index (χ0v) is 17.8. The quantitative estimate of drug-likeness (QED) is 0.730. The van der Waals surface area contributed by atoms with Gasteiger partial charge in [0.05, 0.1) is 5.56 Å². The number of hydrogen-bond acceptors (Lipinski definition) is 5. The lowest BCUT2D eigenvalue weighted by Gasteiger charge is -2.36. The van der Waals surface area contributed by atoms with Crippen molar-refractivity contribution in [2.45, 2.75) is 20.0 Å². The molecule has 1 saturated heterocycles. The van der Waals surface area contributed by atoms with Crippen LogP contribution < -0.4 is 15.0 Å². The highest BCUT2D eigenvalue weighted by Gasteiger charge is 2.25. The molecule has 6 nitrogen and oxygen atoms in total. The zero-order chi connectivity index (χ0) is 21.3. The number of para-hydroxylation sites is 2. The number of ether oxygens (including phenoxy) is 1. The number of carbonyl (C=O) groups excluding carboxylic acids is 1. The van der Waals surface area contributed by atoms with Gasteiger partial charge in [0, 0.05) is 45.0 Å². The summed E-state index contributed by atoms with van der Waals surface area (Å²) in [5.74, 6) is 0.303. The largest absolute Gasteiger partial charge is 0.479 e. The van der Waals surface area contributed by atoms with Crippen LogP contribution in [-0.4, -0.2) is 56.2 Å². The van der Waals surface area contributed by atoms with Crippen molar-refractivity contribution >= 4 is 11.6 Å². The number of nitriles is 1. The van der Waals surface area contributed by atoms with E-state index in [-0.39, 0.29) is 11.8 Å². The van der Waals surface area contributed by atoms with Crippen LogP contribution in [0.4, 0.5) is 5.69 Å². The standard InChI is InChI=1S/C24H30N4O2/c1-19(2)23(30-22-11-7-6-8-20(22)18-25)24(29)26-12-13-27-14-16-28(17-15-27)21-9-4-3-5-10-21/h3-11,19,23H,12-17H2,1-2H3,(H,26,29). The summed E-state index contributed by atoms with van der Waals surface area (Å²) in [5, 5.41) is 12.3. The van der Waals surface area contributed by atoms with Gasteiger partial charge in [0.15, 0.2) is 6.10 Å². The van der Waals surface area contributed by atoms with Crippen molar-refractivity contribution in [3.63, 3.8) is 0 Å². The van der Waals surface area contributed by atoms with Crippen molar-refractivity contribution in [1.82, 2.24) is 10.2 Å². The average molecular weight is 407 g/mol. The van der Waals surface area contributed by atoms with E-state index >= 15 is 0 Å². The molecule has 1 fully saturated rings. The number of piperazine rings is 1. The van der Waals surface area contributed by atoms with Gasteiger partial charge in [0.25, 0.3) is 5.91 Å². The minimum atomic E-state index is -0.630. The average Bonchev–Trinajstić information content (AvgIpc) is 2.78. The number of nitrogens with zero attached hydrogens (tertiary/aromatic N) is 3. The Bertz CT molecular complexity index is 855. The Morgan fingerprint density at radius 2 is 1.73 bits per heavy atom. The summed E-state index contributed by atoms with van der Waals surface area (Å²) in [5.41, 5.74) is 1.70. The summed E-state index contributed by atoms with van der Waals surface area (Å²) in [6.07, 6.45) is -0.630. The lowest BCUT2D eigenvalue weighted by Crippen LogP contribution is -2.49. The number of hydrogen-bond donors (Lipinski definition) is 1. The number of carbonyl (C=O) groups is 1. The number of amides is 1. The van der Waals surface area contributed by atoms with Crippen LogP contribution in [0.25, 0.3) is 0 Å². The second kappa shape index (κ2) is 10.7. The molecule has 30 heavy (non-hydrogen) atoms. The van der Waals surface area contributed by atoms with Crippen LogP contribution in [0.1, 0.15) is 19.4 Å². The second-order valence-corrected chi connectivity index (χ2v) is 7.85. The minimum Gasteiger partial charge on any atom is -0.479 e. The molecule has 1 unspecified atom stereocenters. The summed E-state index contributed by atoms with van der Waals surface area (Å²) < 4.78 is 5.91. The lowest BCUT2D eigenvalue weighted by atomic mass is 10.1. The Kier molecular flexibility index (Phi) is 7.69. The molecule has 2 aromatic carbocycles. The molecule has 0 spiro atoms. The Morgan fingerprint density at radius 3 is 2.40 bits per heavy atom. The molecule has 6 heteroatoms. The summed E-state index contributed by atoms with van der Waals surface area (Å²) in [4.78, 5) is 17.5. The van der Waals surface area contributed by atoms with Gasteiger partial charge in [0.2, 0.25) is 0 Å². The zero-order valence-electron chi connectivity index (χ0n) is 17.8. The molecule has 1 aliphatic rings. The van der Waals surface area contributed by atoms with Crippen LogP contribution in [0.3, 0.4) is 0 Å². The molecule has 0 bridgehead atoms. The topological polar surface area (TPSA) is 68.6 Å². The van der Waals surface area contributed by atoms with Gasteiger partial charge in [-0.2, -0.15) is 5.26 Å². The third kappa shape index (κ3) is 5.74. The van der Waals surface area contributed by atoms with E-state index in [1.165, 1.54) is 5.69 Å². The van der Waals surface area contributed by atoms with E-state index in [1.54, 1.807) is 24.3 Å². The highest BCUT2D eigenvalue weighted by Crippen LogP contribution is 2.21. The van der Waals surface area contributed by atoms with Gasteiger partial charge in [-0.3, -0.25) is 9.69 Å². The predicted octanol–water partition coefficient (Wildman–Crippen LogP) is 2.90. The van der Waals surface area contributed by atoms with Crippen LogP contribution >= 0.6 is 0 Å². The monoisotopic (exact) mass is 406 g/mol. The van der Waals surface area contributed by atoms with Gasteiger partial charge < -0.3 is 15.0 Å². The first kappa shape index (κ1) is 21.7. The maximum absolute atomic E-state index is 12.7. The van der Waals surface area contributed by atoms with Crippen molar-refractivity contribution in [3.05, 3.63) is 60.2 Å². The summed E-state index contributed by atoms with van der Waals surface area (Å²) in [7, 11) is 0. The van der Waals surface area contributed by atoms with Gasteiger partial charge in [-0.25, -0.2) is 0 Å². The van der Waals surface area contributed by atoms with Crippen LogP contribution in [0, 0.1) is 17.2 Å². The maximum Gasteiger partial charge on any atom is 0.261 e. The molecule has 1 heterocycles. The second-order valence-electron chi connectivity index (χ2n) is 7.85. The van der Waals surface area contributed by atoms with E-state index in [0.717, 1.165) is 32.7 Å². The molecule has 0 radical (unpaired) electrons. The van der Waals surface area contributed by atoms with E-state index in [2.05, 4.69) is 45.5 Å². The summed E-state index contributed by atoms with van der Waals surface area (Å²) >= 11 is 0. The molecule has 1 N–H and O–H groups in total. The molecule has 0 aromatic heterocycles. The summed E-state index contributed by atoms with van der Waals surface area (Å²) in [6.45, 7) is 9.21. The van der Waals surface area contributed by atoms with Crippen molar-refractivity contribution < 1.29 is 9.53 Å². The SMILES string of the molecule is CC(C)C(Oc1ccccc1C#N)C(=O)NCCN1CCN(c2ccccc2)CC1. The Hall–Kier alpha value is -3.04. The molecule has 1 amide bonds. The van der Waals surface area contributed by atoms with Crippen molar-refractivity contribution in [2.75, 3.05) is 44.2 Å². The number of benzene rings is 2. The van der Waals surface area contributed by atoms with Crippen LogP contribution in [0.2, 0.25) is 0 Å². The summed E-state index contributed by atoms with van der Waals surface area (Å²) in [6, 6.07) is 19.6. The number of anilines is 1. The first-order chi connectivity index (χ1) is 14.6.